The minimum Gasteiger partial charge on any atom is -0.494 e. The van der Waals surface area contributed by atoms with Gasteiger partial charge in [0.1, 0.15) is 17.5 Å². The molecule has 148 valence electrons. The monoisotopic (exact) mass is 382 g/mol. The molecule has 6 heteroatoms. The van der Waals surface area contributed by atoms with E-state index < -0.39 is 6.04 Å². The molecule has 1 saturated heterocycles. The Morgan fingerprint density at radius 2 is 1.61 bits per heavy atom. The normalized spacial score (nSPS) is 16.4. The van der Waals surface area contributed by atoms with Gasteiger partial charge in [0.2, 0.25) is 5.91 Å². The van der Waals surface area contributed by atoms with Crippen molar-refractivity contribution in [1.82, 2.24) is 0 Å². The molecule has 1 N–H and O–H groups in total. The van der Waals surface area contributed by atoms with Crippen LogP contribution in [0, 0.1) is 0 Å². The van der Waals surface area contributed by atoms with Crippen molar-refractivity contribution in [3.63, 3.8) is 0 Å². The standard InChI is InChI=1S/C22H26N2O4/c1-3-5-14-28-19-12-8-17(9-13-19)24-21(25)15-20(22(24)26)23-16-6-10-18(11-7-16)27-4-2/h6-13,20,23H,3-5,14-15H2,1-2H3. The van der Waals surface area contributed by atoms with Crippen LogP contribution < -0.4 is 19.7 Å². The summed E-state index contributed by atoms with van der Waals surface area (Å²) in [4.78, 5) is 26.4. The lowest BCUT2D eigenvalue weighted by atomic mass is 10.2. The van der Waals surface area contributed by atoms with Crippen LogP contribution in [0.1, 0.15) is 33.1 Å². The van der Waals surface area contributed by atoms with Crippen LogP contribution in [0.25, 0.3) is 0 Å². The Morgan fingerprint density at radius 1 is 0.964 bits per heavy atom. The second-order valence-electron chi connectivity index (χ2n) is 6.62. The molecule has 0 saturated carbocycles. The number of hydrogen-bond acceptors (Lipinski definition) is 5. The third kappa shape index (κ3) is 4.63. The molecule has 3 rings (SSSR count). The van der Waals surface area contributed by atoms with Gasteiger partial charge in [-0.2, -0.15) is 0 Å². The fourth-order valence-corrected chi connectivity index (χ4v) is 3.06. The van der Waals surface area contributed by atoms with Gasteiger partial charge in [-0.05, 0) is 61.9 Å². The summed E-state index contributed by atoms with van der Waals surface area (Å²) in [6.45, 7) is 5.29. The summed E-state index contributed by atoms with van der Waals surface area (Å²) >= 11 is 0. The number of nitrogens with one attached hydrogen (secondary N) is 1. The average Bonchev–Trinajstić information content (AvgIpc) is 2.98. The van der Waals surface area contributed by atoms with Crippen molar-refractivity contribution < 1.29 is 19.1 Å². The minimum absolute atomic E-state index is 0.126. The van der Waals surface area contributed by atoms with Crippen LogP contribution >= 0.6 is 0 Å². The van der Waals surface area contributed by atoms with E-state index in [2.05, 4.69) is 12.2 Å². The molecule has 0 aliphatic carbocycles. The summed E-state index contributed by atoms with van der Waals surface area (Å²) in [5, 5.41) is 3.14. The first kappa shape index (κ1) is 19.7. The predicted molar refractivity (Wildman–Crippen MR) is 109 cm³/mol. The van der Waals surface area contributed by atoms with E-state index in [0.29, 0.717) is 18.9 Å². The Labute approximate surface area is 165 Å². The van der Waals surface area contributed by atoms with Crippen LogP contribution in [0.15, 0.2) is 48.5 Å². The zero-order valence-corrected chi connectivity index (χ0v) is 16.3. The van der Waals surface area contributed by atoms with Crippen LogP contribution in [-0.4, -0.2) is 31.1 Å². The van der Waals surface area contributed by atoms with Gasteiger partial charge >= 0.3 is 0 Å². The summed E-state index contributed by atoms with van der Waals surface area (Å²) in [7, 11) is 0. The van der Waals surface area contributed by atoms with Crippen molar-refractivity contribution in [3.8, 4) is 11.5 Å². The van der Waals surface area contributed by atoms with Crippen molar-refractivity contribution >= 4 is 23.2 Å². The highest BCUT2D eigenvalue weighted by Gasteiger charge is 2.39. The first-order chi connectivity index (χ1) is 13.6. The molecular formula is C22H26N2O4. The topological polar surface area (TPSA) is 67.9 Å². The van der Waals surface area contributed by atoms with Crippen molar-refractivity contribution in [3.05, 3.63) is 48.5 Å². The zero-order chi connectivity index (χ0) is 19.9. The molecule has 1 heterocycles. The van der Waals surface area contributed by atoms with E-state index in [1.807, 2.05) is 31.2 Å². The molecule has 0 bridgehead atoms. The van der Waals surface area contributed by atoms with Crippen molar-refractivity contribution in [1.29, 1.82) is 0 Å². The molecule has 2 aromatic rings. The molecule has 0 radical (unpaired) electrons. The Bertz CT molecular complexity index is 802. The lowest BCUT2D eigenvalue weighted by Crippen LogP contribution is -2.34. The fourth-order valence-electron chi connectivity index (χ4n) is 3.06. The van der Waals surface area contributed by atoms with Crippen molar-refractivity contribution in [2.75, 3.05) is 23.4 Å². The molecule has 1 aliphatic rings. The molecule has 1 atom stereocenters. The first-order valence-electron chi connectivity index (χ1n) is 9.71. The molecule has 1 aliphatic heterocycles. The van der Waals surface area contributed by atoms with Crippen molar-refractivity contribution in [2.24, 2.45) is 0 Å². The van der Waals surface area contributed by atoms with E-state index in [1.165, 1.54) is 4.90 Å². The van der Waals surface area contributed by atoms with Crippen LogP contribution in [0.5, 0.6) is 11.5 Å². The summed E-state index contributed by atoms with van der Waals surface area (Å²) < 4.78 is 11.1. The van der Waals surface area contributed by atoms with Gasteiger partial charge in [-0.1, -0.05) is 13.3 Å². The van der Waals surface area contributed by atoms with Gasteiger partial charge in [-0.3, -0.25) is 9.59 Å². The predicted octanol–water partition coefficient (Wildman–Crippen LogP) is 4.01. The second-order valence-corrected chi connectivity index (χ2v) is 6.62. The molecule has 2 aromatic carbocycles. The summed E-state index contributed by atoms with van der Waals surface area (Å²) in [6.07, 6.45) is 2.18. The highest BCUT2D eigenvalue weighted by atomic mass is 16.5. The fraction of sp³-hybridized carbons (Fsp3) is 0.364. The van der Waals surface area contributed by atoms with E-state index >= 15 is 0 Å². The molecule has 28 heavy (non-hydrogen) atoms. The maximum atomic E-state index is 12.8. The quantitative estimate of drug-likeness (QED) is 0.524. The van der Waals surface area contributed by atoms with Crippen LogP contribution in [-0.2, 0) is 9.59 Å². The maximum absolute atomic E-state index is 12.8. The van der Waals surface area contributed by atoms with E-state index in [4.69, 9.17) is 9.47 Å². The van der Waals surface area contributed by atoms with Gasteiger partial charge in [0.05, 0.1) is 25.3 Å². The number of anilines is 2. The van der Waals surface area contributed by atoms with E-state index in [1.54, 1.807) is 24.3 Å². The number of carbonyl (C=O) groups excluding carboxylic acids is 2. The number of hydrogen-bond donors (Lipinski definition) is 1. The Hall–Kier alpha value is -3.02. The van der Waals surface area contributed by atoms with Gasteiger partial charge in [-0.15, -0.1) is 0 Å². The summed E-state index contributed by atoms with van der Waals surface area (Å²) in [5.74, 6) is 1.04. The second kappa shape index (κ2) is 9.26. The summed E-state index contributed by atoms with van der Waals surface area (Å²) in [5.41, 5.74) is 1.34. The number of unbranched alkanes of at least 4 members (excludes halogenated alkanes) is 1. The largest absolute Gasteiger partial charge is 0.494 e. The number of nitrogens with zero attached hydrogens (tertiary/aromatic N) is 1. The SMILES string of the molecule is CCCCOc1ccc(N2C(=O)CC(Nc3ccc(OCC)cc3)C2=O)cc1. The minimum atomic E-state index is -0.578. The average molecular weight is 382 g/mol. The van der Waals surface area contributed by atoms with Crippen molar-refractivity contribution in [2.45, 2.75) is 39.2 Å². The molecule has 1 unspecified atom stereocenters. The summed E-state index contributed by atoms with van der Waals surface area (Å²) in [6, 6.07) is 13.8. The van der Waals surface area contributed by atoms with E-state index in [0.717, 1.165) is 30.0 Å². The third-order valence-corrected chi connectivity index (χ3v) is 4.51. The molecule has 2 amide bonds. The van der Waals surface area contributed by atoms with Crippen LogP contribution in [0.4, 0.5) is 11.4 Å². The number of benzene rings is 2. The van der Waals surface area contributed by atoms with Crippen LogP contribution in [0.2, 0.25) is 0 Å². The zero-order valence-electron chi connectivity index (χ0n) is 16.3. The lowest BCUT2D eigenvalue weighted by Gasteiger charge is -2.17. The number of rotatable bonds is 9. The van der Waals surface area contributed by atoms with Gasteiger partial charge in [0.15, 0.2) is 0 Å². The first-order valence-corrected chi connectivity index (χ1v) is 9.71. The Balaban J connectivity index is 1.64. The Kier molecular flexibility index (Phi) is 6.53. The number of carbonyl (C=O) groups is 2. The maximum Gasteiger partial charge on any atom is 0.256 e. The molecule has 6 nitrogen and oxygen atoms in total. The Morgan fingerprint density at radius 3 is 2.25 bits per heavy atom. The number of imide groups is 1. The van der Waals surface area contributed by atoms with Crippen LogP contribution in [0.3, 0.4) is 0 Å². The van der Waals surface area contributed by atoms with Gasteiger partial charge < -0.3 is 14.8 Å². The lowest BCUT2D eigenvalue weighted by molar-refractivity contribution is -0.121. The number of amides is 2. The van der Waals surface area contributed by atoms with E-state index in [9.17, 15) is 9.59 Å². The molecule has 1 fully saturated rings. The third-order valence-electron chi connectivity index (χ3n) is 4.51. The van der Waals surface area contributed by atoms with Gasteiger partial charge in [-0.25, -0.2) is 4.90 Å². The molecular weight excluding hydrogens is 356 g/mol. The van der Waals surface area contributed by atoms with E-state index in [-0.39, 0.29) is 18.2 Å². The molecule has 0 spiro atoms. The van der Waals surface area contributed by atoms with Gasteiger partial charge in [0, 0.05) is 5.69 Å². The smallest absolute Gasteiger partial charge is 0.256 e. The van der Waals surface area contributed by atoms with Gasteiger partial charge in [0.25, 0.3) is 5.91 Å². The number of ether oxygens (including phenoxy) is 2. The highest BCUT2D eigenvalue weighted by molar-refractivity contribution is 6.23. The molecule has 0 aromatic heterocycles. The highest BCUT2D eigenvalue weighted by Crippen LogP contribution is 2.27.